The van der Waals surface area contributed by atoms with Crippen LogP contribution in [0, 0.1) is 6.92 Å². The molecule has 0 aliphatic heterocycles. The normalized spacial score (nSPS) is 12.4. The standard InChI is InChI=1S/C15H14ClF2NO/c1-10-3-2-8-19-14(10)9-13(16)11-4-6-12(7-5-11)20-15(17)18/h2-8,13,15H,9H2,1H3. The van der Waals surface area contributed by atoms with Gasteiger partial charge >= 0.3 is 6.61 Å². The fourth-order valence-corrected chi connectivity index (χ4v) is 2.17. The number of hydrogen-bond acceptors (Lipinski definition) is 2. The first-order chi connectivity index (χ1) is 9.56. The average molecular weight is 298 g/mol. The van der Waals surface area contributed by atoms with Gasteiger partial charge in [-0.25, -0.2) is 0 Å². The number of hydrogen-bond donors (Lipinski definition) is 0. The highest BCUT2D eigenvalue weighted by molar-refractivity contribution is 6.20. The number of rotatable bonds is 5. The van der Waals surface area contributed by atoms with E-state index in [0.29, 0.717) is 6.42 Å². The number of benzene rings is 1. The zero-order valence-electron chi connectivity index (χ0n) is 10.9. The molecule has 0 bridgehead atoms. The quantitative estimate of drug-likeness (QED) is 0.757. The predicted octanol–water partition coefficient (Wildman–Crippen LogP) is 4.51. The summed E-state index contributed by atoms with van der Waals surface area (Å²) in [5.74, 6) is 0.127. The Bertz CT molecular complexity index is 560. The molecule has 0 radical (unpaired) electrons. The minimum Gasteiger partial charge on any atom is -0.435 e. The van der Waals surface area contributed by atoms with Crippen LogP contribution in [0.15, 0.2) is 42.6 Å². The molecule has 1 unspecified atom stereocenters. The minimum atomic E-state index is -2.82. The maximum absolute atomic E-state index is 12.1. The van der Waals surface area contributed by atoms with Gasteiger partial charge in [0.15, 0.2) is 0 Å². The summed E-state index contributed by atoms with van der Waals surface area (Å²) >= 11 is 6.34. The second-order valence-corrected chi connectivity index (χ2v) is 4.91. The number of halogens is 3. The smallest absolute Gasteiger partial charge is 0.387 e. The third-order valence-electron chi connectivity index (χ3n) is 2.96. The average Bonchev–Trinajstić information content (AvgIpc) is 2.41. The number of ether oxygens (including phenoxy) is 1. The van der Waals surface area contributed by atoms with E-state index in [2.05, 4.69) is 9.72 Å². The van der Waals surface area contributed by atoms with E-state index >= 15 is 0 Å². The van der Waals surface area contributed by atoms with Crippen LogP contribution in [0.3, 0.4) is 0 Å². The van der Waals surface area contributed by atoms with E-state index in [9.17, 15) is 8.78 Å². The highest BCUT2D eigenvalue weighted by Gasteiger charge is 2.12. The second-order valence-electron chi connectivity index (χ2n) is 4.39. The molecule has 106 valence electrons. The zero-order chi connectivity index (χ0) is 14.5. The van der Waals surface area contributed by atoms with Gasteiger partial charge in [-0.2, -0.15) is 8.78 Å². The molecule has 0 saturated heterocycles. The van der Waals surface area contributed by atoms with Crippen molar-refractivity contribution in [2.24, 2.45) is 0 Å². The fourth-order valence-electron chi connectivity index (χ4n) is 1.88. The predicted molar refractivity (Wildman–Crippen MR) is 74.3 cm³/mol. The van der Waals surface area contributed by atoms with Gasteiger partial charge in [0.05, 0.1) is 5.38 Å². The molecule has 1 atom stereocenters. The van der Waals surface area contributed by atoms with Crippen LogP contribution in [-0.4, -0.2) is 11.6 Å². The summed E-state index contributed by atoms with van der Waals surface area (Å²) in [6, 6.07) is 10.2. The number of aromatic nitrogens is 1. The molecule has 0 saturated carbocycles. The molecule has 2 nitrogen and oxygen atoms in total. The molecule has 2 aromatic rings. The summed E-state index contributed by atoms with van der Waals surface area (Å²) in [4.78, 5) is 4.29. The molecule has 0 aliphatic rings. The summed E-state index contributed by atoms with van der Waals surface area (Å²) in [5.41, 5.74) is 2.86. The van der Waals surface area contributed by atoms with Crippen molar-refractivity contribution in [3.8, 4) is 5.75 Å². The van der Waals surface area contributed by atoms with Crippen LogP contribution in [0.1, 0.15) is 22.2 Å². The van der Waals surface area contributed by atoms with Gasteiger partial charge in [0.1, 0.15) is 5.75 Å². The maximum atomic E-state index is 12.1. The van der Waals surface area contributed by atoms with Crippen molar-refractivity contribution in [1.29, 1.82) is 0 Å². The molecule has 0 aliphatic carbocycles. The van der Waals surface area contributed by atoms with Gasteiger partial charge in [0.2, 0.25) is 0 Å². The van der Waals surface area contributed by atoms with Crippen molar-refractivity contribution >= 4 is 11.6 Å². The van der Waals surface area contributed by atoms with Crippen molar-refractivity contribution in [3.63, 3.8) is 0 Å². The van der Waals surface area contributed by atoms with Crippen LogP contribution in [0.2, 0.25) is 0 Å². The van der Waals surface area contributed by atoms with Crippen LogP contribution in [0.5, 0.6) is 5.75 Å². The fraction of sp³-hybridized carbons (Fsp3) is 0.267. The van der Waals surface area contributed by atoms with Crippen LogP contribution in [0.25, 0.3) is 0 Å². The topological polar surface area (TPSA) is 22.1 Å². The van der Waals surface area contributed by atoms with Crippen molar-refractivity contribution in [3.05, 3.63) is 59.4 Å². The lowest BCUT2D eigenvalue weighted by Gasteiger charge is -2.12. The van der Waals surface area contributed by atoms with Gasteiger partial charge in [0.25, 0.3) is 0 Å². The van der Waals surface area contributed by atoms with Gasteiger partial charge in [0, 0.05) is 18.3 Å². The Balaban J connectivity index is 2.06. The molecular weight excluding hydrogens is 284 g/mol. The monoisotopic (exact) mass is 297 g/mol. The summed E-state index contributed by atoms with van der Waals surface area (Å²) in [5, 5.41) is -0.260. The number of nitrogens with zero attached hydrogens (tertiary/aromatic N) is 1. The number of aryl methyl sites for hydroxylation is 1. The van der Waals surface area contributed by atoms with E-state index in [1.54, 1.807) is 18.3 Å². The van der Waals surface area contributed by atoms with Crippen molar-refractivity contribution in [1.82, 2.24) is 4.98 Å². The number of pyridine rings is 1. The Morgan fingerprint density at radius 1 is 1.20 bits per heavy atom. The van der Waals surface area contributed by atoms with Crippen molar-refractivity contribution in [2.75, 3.05) is 0 Å². The Labute approximate surface area is 121 Å². The van der Waals surface area contributed by atoms with Gasteiger partial charge in [-0.15, -0.1) is 11.6 Å². The highest BCUT2D eigenvalue weighted by Crippen LogP contribution is 2.27. The molecule has 5 heteroatoms. The van der Waals surface area contributed by atoms with E-state index in [0.717, 1.165) is 16.8 Å². The van der Waals surface area contributed by atoms with E-state index in [1.807, 2.05) is 19.1 Å². The first-order valence-corrected chi connectivity index (χ1v) is 6.59. The van der Waals surface area contributed by atoms with E-state index in [4.69, 9.17) is 11.6 Å². The van der Waals surface area contributed by atoms with Crippen LogP contribution in [0.4, 0.5) is 8.78 Å². The highest BCUT2D eigenvalue weighted by atomic mass is 35.5. The van der Waals surface area contributed by atoms with Crippen molar-refractivity contribution in [2.45, 2.75) is 25.3 Å². The lowest BCUT2D eigenvalue weighted by molar-refractivity contribution is -0.0498. The zero-order valence-corrected chi connectivity index (χ0v) is 11.6. The summed E-state index contributed by atoms with van der Waals surface area (Å²) < 4.78 is 28.4. The third kappa shape index (κ3) is 3.90. The molecule has 1 aromatic carbocycles. The SMILES string of the molecule is Cc1cccnc1CC(Cl)c1ccc(OC(F)F)cc1. The van der Waals surface area contributed by atoms with Crippen LogP contribution < -0.4 is 4.74 Å². The second kappa shape index (κ2) is 6.66. The van der Waals surface area contributed by atoms with E-state index in [1.165, 1.54) is 12.1 Å². The maximum Gasteiger partial charge on any atom is 0.387 e. The molecule has 0 spiro atoms. The van der Waals surface area contributed by atoms with Crippen LogP contribution in [-0.2, 0) is 6.42 Å². The Hall–Kier alpha value is -1.68. The molecule has 1 heterocycles. The lowest BCUT2D eigenvalue weighted by Crippen LogP contribution is -2.03. The molecule has 20 heavy (non-hydrogen) atoms. The Kier molecular flexibility index (Phi) is 4.90. The molecule has 1 aromatic heterocycles. The largest absolute Gasteiger partial charge is 0.435 e. The van der Waals surface area contributed by atoms with Gasteiger partial charge in [-0.1, -0.05) is 18.2 Å². The number of alkyl halides is 3. The van der Waals surface area contributed by atoms with Crippen molar-refractivity contribution < 1.29 is 13.5 Å². The van der Waals surface area contributed by atoms with E-state index < -0.39 is 6.61 Å². The summed E-state index contributed by atoms with van der Waals surface area (Å²) in [6.07, 6.45) is 2.31. The molecular formula is C15H14ClF2NO. The summed E-state index contributed by atoms with van der Waals surface area (Å²) in [6.45, 7) is -0.838. The first-order valence-electron chi connectivity index (χ1n) is 6.15. The molecule has 0 N–H and O–H groups in total. The van der Waals surface area contributed by atoms with Gasteiger partial charge < -0.3 is 4.74 Å². The Morgan fingerprint density at radius 3 is 2.50 bits per heavy atom. The Morgan fingerprint density at radius 2 is 1.90 bits per heavy atom. The molecule has 0 fully saturated rings. The van der Waals surface area contributed by atoms with Crippen LogP contribution >= 0.6 is 11.6 Å². The van der Waals surface area contributed by atoms with Gasteiger partial charge in [-0.05, 0) is 36.2 Å². The summed E-state index contributed by atoms with van der Waals surface area (Å²) in [7, 11) is 0. The minimum absolute atomic E-state index is 0.127. The van der Waals surface area contributed by atoms with Gasteiger partial charge in [-0.3, -0.25) is 4.98 Å². The molecule has 0 amide bonds. The first kappa shape index (κ1) is 14.7. The van der Waals surface area contributed by atoms with E-state index in [-0.39, 0.29) is 11.1 Å². The lowest BCUT2D eigenvalue weighted by atomic mass is 10.0. The molecule has 2 rings (SSSR count). The third-order valence-corrected chi connectivity index (χ3v) is 3.36.